The number of nitrogens with zero attached hydrogens (tertiary/aromatic N) is 1. The second-order valence-electron chi connectivity index (χ2n) is 3.78. The molecule has 0 aliphatic carbocycles. The minimum Gasteiger partial charge on any atom is -0.480 e. The summed E-state index contributed by atoms with van der Waals surface area (Å²) in [6, 6.07) is -0.863. The summed E-state index contributed by atoms with van der Waals surface area (Å²) in [4.78, 5) is 11.0. The van der Waals surface area contributed by atoms with Crippen LogP contribution in [0.4, 0.5) is 0 Å². The lowest BCUT2D eigenvalue weighted by molar-refractivity contribution is -0.141. The Balaban J connectivity index is 2.76. The molecule has 1 atom stereocenters. The van der Waals surface area contributed by atoms with Gasteiger partial charge in [-0.05, 0) is 12.8 Å². The topological polar surface area (TPSA) is 74.7 Å². The van der Waals surface area contributed by atoms with Gasteiger partial charge in [-0.25, -0.2) is 8.42 Å². The average Bonchev–Trinajstić information content (AvgIpc) is 2.46. The number of carboxylic acids is 1. The molecule has 0 aromatic rings. The molecule has 1 N–H and O–H groups in total. The average molecular weight is 235 g/mol. The Bertz CT molecular complexity index is 325. The van der Waals surface area contributed by atoms with Crippen molar-refractivity contribution < 1.29 is 18.3 Å². The molecule has 0 radical (unpaired) electrons. The van der Waals surface area contributed by atoms with E-state index in [-0.39, 0.29) is 5.75 Å². The van der Waals surface area contributed by atoms with Gasteiger partial charge < -0.3 is 5.11 Å². The molecule has 0 spiro atoms. The first-order chi connectivity index (χ1) is 6.99. The molecule has 88 valence electrons. The molecule has 1 saturated heterocycles. The highest BCUT2D eigenvalue weighted by molar-refractivity contribution is 7.89. The summed E-state index contributed by atoms with van der Waals surface area (Å²) < 4.78 is 24.2. The maximum Gasteiger partial charge on any atom is 0.322 e. The molecule has 0 unspecified atom stereocenters. The fraction of sp³-hybridized carbons (Fsp3) is 0.889. The lowest BCUT2D eigenvalue weighted by Crippen LogP contribution is -2.42. The molecule has 6 heteroatoms. The molecule has 1 aliphatic heterocycles. The van der Waals surface area contributed by atoms with Crippen LogP contribution in [0.5, 0.6) is 0 Å². The number of carboxylic acid groups (broad SMARTS) is 1. The molecule has 15 heavy (non-hydrogen) atoms. The van der Waals surface area contributed by atoms with Gasteiger partial charge in [0.15, 0.2) is 0 Å². The number of unbranched alkanes of at least 4 members (excludes halogenated alkanes) is 1. The zero-order chi connectivity index (χ0) is 11.5. The Hall–Kier alpha value is -0.620. The van der Waals surface area contributed by atoms with Crippen LogP contribution in [0, 0.1) is 0 Å². The molecule has 1 rings (SSSR count). The number of rotatable bonds is 5. The first kappa shape index (κ1) is 12.4. The van der Waals surface area contributed by atoms with Gasteiger partial charge in [-0.2, -0.15) is 4.31 Å². The van der Waals surface area contributed by atoms with Gasteiger partial charge in [-0.1, -0.05) is 19.8 Å². The molecule has 5 nitrogen and oxygen atoms in total. The van der Waals surface area contributed by atoms with E-state index in [2.05, 4.69) is 0 Å². The van der Waals surface area contributed by atoms with Crippen molar-refractivity contribution in [3.05, 3.63) is 0 Å². The van der Waals surface area contributed by atoms with E-state index in [0.29, 0.717) is 19.4 Å². The smallest absolute Gasteiger partial charge is 0.322 e. The normalized spacial score (nSPS) is 22.7. The Morgan fingerprint density at radius 3 is 2.60 bits per heavy atom. The number of carbonyl (C=O) groups is 1. The van der Waals surface area contributed by atoms with Crippen LogP contribution in [0.25, 0.3) is 0 Å². The number of hydrogen-bond donors (Lipinski definition) is 1. The predicted molar refractivity (Wildman–Crippen MR) is 56.1 cm³/mol. The van der Waals surface area contributed by atoms with Crippen molar-refractivity contribution in [2.75, 3.05) is 12.3 Å². The van der Waals surface area contributed by atoms with Gasteiger partial charge in [0.25, 0.3) is 0 Å². The summed E-state index contributed by atoms with van der Waals surface area (Å²) >= 11 is 0. The molecule has 0 saturated carbocycles. The predicted octanol–water partition coefficient (Wildman–Crippen LogP) is 0.665. The van der Waals surface area contributed by atoms with E-state index in [1.807, 2.05) is 6.92 Å². The zero-order valence-electron chi connectivity index (χ0n) is 8.85. The largest absolute Gasteiger partial charge is 0.480 e. The fourth-order valence-corrected chi connectivity index (χ4v) is 3.52. The van der Waals surface area contributed by atoms with Gasteiger partial charge in [0.1, 0.15) is 6.04 Å². The molecular formula is C9H17NO4S. The molecule has 1 fully saturated rings. The highest BCUT2D eigenvalue weighted by atomic mass is 32.2. The third kappa shape index (κ3) is 2.92. The lowest BCUT2D eigenvalue weighted by Gasteiger charge is -2.22. The number of aliphatic carboxylic acids is 1. The minimum absolute atomic E-state index is 0.0862. The number of sulfonamides is 1. The van der Waals surface area contributed by atoms with Gasteiger partial charge in [0.2, 0.25) is 10.0 Å². The van der Waals surface area contributed by atoms with Crippen molar-refractivity contribution in [3.8, 4) is 0 Å². The van der Waals surface area contributed by atoms with E-state index in [4.69, 9.17) is 5.11 Å². The summed E-state index contributed by atoms with van der Waals surface area (Å²) in [5.74, 6) is -0.947. The monoisotopic (exact) mass is 235 g/mol. The molecular weight excluding hydrogens is 218 g/mol. The molecule has 1 heterocycles. The van der Waals surface area contributed by atoms with Gasteiger partial charge in [-0.3, -0.25) is 4.79 Å². The van der Waals surface area contributed by atoms with Gasteiger partial charge in [0, 0.05) is 6.54 Å². The van der Waals surface area contributed by atoms with Crippen molar-refractivity contribution in [1.29, 1.82) is 0 Å². The maximum absolute atomic E-state index is 11.5. The zero-order valence-corrected chi connectivity index (χ0v) is 9.66. The highest BCUT2D eigenvalue weighted by Crippen LogP contribution is 2.20. The van der Waals surface area contributed by atoms with E-state index in [1.165, 1.54) is 0 Å². The van der Waals surface area contributed by atoms with Crippen LogP contribution in [-0.2, 0) is 14.8 Å². The van der Waals surface area contributed by atoms with Crippen LogP contribution in [0.2, 0.25) is 0 Å². The highest BCUT2D eigenvalue weighted by Gasteiger charge is 2.37. The maximum atomic E-state index is 11.5. The molecule has 0 amide bonds. The van der Waals surface area contributed by atoms with Crippen molar-refractivity contribution in [2.45, 2.75) is 38.6 Å². The standard InChI is InChI=1S/C9H17NO4S/c1-2-3-5-8(9(11)12)10-6-4-7-15(10,13)14/h8H,2-7H2,1H3,(H,11,12)/t8-/m0/s1. The summed E-state index contributed by atoms with van der Waals surface area (Å²) in [5, 5.41) is 8.99. The van der Waals surface area contributed by atoms with Crippen LogP contribution in [0.15, 0.2) is 0 Å². The SMILES string of the molecule is CCCC[C@@H](C(=O)O)N1CCCS1(=O)=O. The summed E-state index contributed by atoms with van der Waals surface area (Å²) in [5.41, 5.74) is 0. The fourth-order valence-electron chi connectivity index (χ4n) is 1.80. The summed E-state index contributed by atoms with van der Waals surface area (Å²) in [7, 11) is -3.31. The molecule has 0 aromatic carbocycles. The minimum atomic E-state index is -3.31. The molecule has 0 bridgehead atoms. The van der Waals surface area contributed by atoms with Crippen molar-refractivity contribution in [3.63, 3.8) is 0 Å². The van der Waals surface area contributed by atoms with Crippen LogP contribution in [0.3, 0.4) is 0 Å². The Labute approximate surface area is 90.1 Å². The van der Waals surface area contributed by atoms with Crippen molar-refractivity contribution in [2.24, 2.45) is 0 Å². The Morgan fingerprint density at radius 2 is 2.20 bits per heavy atom. The van der Waals surface area contributed by atoms with Crippen LogP contribution in [0.1, 0.15) is 32.6 Å². The van der Waals surface area contributed by atoms with Crippen molar-refractivity contribution >= 4 is 16.0 Å². The second kappa shape index (κ2) is 4.94. The third-order valence-corrected chi connectivity index (χ3v) is 4.56. The first-order valence-corrected chi connectivity index (χ1v) is 6.82. The van der Waals surface area contributed by atoms with E-state index < -0.39 is 22.0 Å². The van der Waals surface area contributed by atoms with Gasteiger partial charge >= 0.3 is 5.97 Å². The summed E-state index contributed by atoms with van der Waals surface area (Å²) in [6.07, 6.45) is 2.56. The quantitative estimate of drug-likeness (QED) is 0.759. The lowest BCUT2D eigenvalue weighted by atomic mass is 10.1. The Kier molecular flexibility index (Phi) is 4.10. The van der Waals surface area contributed by atoms with Crippen LogP contribution < -0.4 is 0 Å². The van der Waals surface area contributed by atoms with Crippen LogP contribution >= 0.6 is 0 Å². The summed E-state index contributed by atoms with van der Waals surface area (Å²) in [6.45, 7) is 2.31. The van der Waals surface area contributed by atoms with Crippen LogP contribution in [-0.4, -0.2) is 42.1 Å². The second-order valence-corrected chi connectivity index (χ2v) is 5.82. The third-order valence-electron chi connectivity index (χ3n) is 2.60. The molecule has 0 aromatic heterocycles. The van der Waals surface area contributed by atoms with Gasteiger partial charge in [-0.15, -0.1) is 0 Å². The van der Waals surface area contributed by atoms with E-state index >= 15 is 0 Å². The van der Waals surface area contributed by atoms with E-state index in [1.54, 1.807) is 0 Å². The van der Waals surface area contributed by atoms with Crippen molar-refractivity contribution in [1.82, 2.24) is 4.31 Å². The van der Waals surface area contributed by atoms with E-state index in [9.17, 15) is 13.2 Å². The number of hydrogen-bond acceptors (Lipinski definition) is 3. The van der Waals surface area contributed by atoms with E-state index in [0.717, 1.165) is 17.1 Å². The first-order valence-electron chi connectivity index (χ1n) is 5.21. The Morgan fingerprint density at radius 1 is 1.53 bits per heavy atom. The molecule has 1 aliphatic rings. The van der Waals surface area contributed by atoms with Gasteiger partial charge in [0.05, 0.1) is 5.75 Å².